The van der Waals surface area contributed by atoms with E-state index >= 15 is 0 Å². The molecule has 0 aliphatic heterocycles. The van der Waals surface area contributed by atoms with Crippen LogP contribution in [0.1, 0.15) is 19.9 Å². The molecule has 0 aliphatic rings. The van der Waals surface area contributed by atoms with Crippen molar-refractivity contribution in [2.45, 2.75) is 19.9 Å². The Morgan fingerprint density at radius 1 is 0.947 bits per heavy atom. The second-order valence-corrected chi connectivity index (χ2v) is 5.91. The van der Waals surface area contributed by atoms with Gasteiger partial charge in [0, 0.05) is 6.04 Å². The third-order valence-electron chi connectivity index (χ3n) is 2.67. The highest BCUT2D eigenvalue weighted by molar-refractivity contribution is 9.13. The summed E-state index contributed by atoms with van der Waals surface area (Å²) >= 11 is 6.33. The van der Waals surface area contributed by atoms with Crippen molar-refractivity contribution in [2.75, 3.05) is 0 Å². The third kappa shape index (κ3) is 2.47. The van der Waals surface area contributed by atoms with Gasteiger partial charge in [0.25, 0.3) is 11.1 Å². The lowest BCUT2D eigenvalue weighted by Crippen LogP contribution is -2.39. The molecule has 0 amide bonds. The van der Waals surface area contributed by atoms with Crippen LogP contribution in [0.5, 0.6) is 0 Å². The van der Waals surface area contributed by atoms with Crippen LogP contribution in [0.3, 0.4) is 0 Å². The first-order chi connectivity index (χ1) is 8.95. The van der Waals surface area contributed by atoms with Crippen molar-refractivity contribution in [1.29, 1.82) is 0 Å². The van der Waals surface area contributed by atoms with E-state index < -0.39 is 0 Å². The predicted octanol–water partition coefficient (Wildman–Crippen LogP) is 3.11. The van der Waals surface area contributed by atoms with Crippen LogP contribution in [-0.2, 0) is 0 Å². The molecule has 0 fully saturated rings. The number of benzene rings is 1. The van der Waals surface area contributed by atoms with E-state index in [-0.39, 0.29) is 26.1 Å². The molecule has 1 heterocycles. The standard InChI is InChI=1S/C13H12Br2N2O2/c1-8(2)16-12(18)10(14)11(15)13(19)17(16)9-6-4-3-5-7-9/h3-8H,1-2H3. The molecule has 1 aromatic carbocycles. The van der Waals surface area contributed by atoms with Crippen LogP contribution in [0.25, 0.3) is 5.69 Å². The van der Waals surface area contributed by atoms with Gasteiger partial charge in [0.05, 0.1) is 5.69 Å². The Kier molecular flexibility index (Phi) is 4.10. The molecule has 0 atom stereocenters. The van der Waals surface area contributed by atoms with Crippen molar-refractivity contribution in [3.05, 3.63) is 60.0 Å². The van der Waals surface area contributed by atoms with Crippen molar-refractivity contribution in [2.24, 2.45) is 0 Å². The van der Waals surface area contributed by atoms with Gasteiger partial charge >= 0.3 is 0 Å². The van der Waals surface area contributed by atoms with Crippen LogP contribution >= 0.6 is 31.9 Å². The number of hydrogen-bond acceptors (Lipinski definition) is 2. The highest BCUT2D eigenvalue weighted by Gasteiger charge is 2.18. The highest BCUT2D eigenvalue weighted by atomic mass is 79.9. The van der Waals surface area contributed by atoms with Crippen LogP contribution in [-0.4, -0.2) is 9.36 Å². The third-order valence-corrected chi connectivity index (χ3v) is 4.68. The van der Waals surface area contributed by atoms with E-state index in [2.05, 4.69) is 31.9 Å². The minimum atomic E-state index is -0.272. The maximum absolute atomic E-state index is 12.4. The van der Waals surface area contributed by atoms with Gasteiger partial charge in [-0.15, -0.1) is 0 Å². The van der Waals surface area contributed by atoms with Gasteiger partial charge < -0.3 is 0 Å². The SMILES string of the molecule is CC(C)n1c(=O)c(Br)c(Br)c(=O)n1-c1ccccc1. The summed E-state index contributed by atoms with van der Waals surface area (Å²) in [5, 5.41) is 0. The lowest BCUT2D eigenvalue weighted by atomic mass is 10.3. The molecule has 0 unspecified atom stereocenters. The highest BCUT2D eigenvalue weighted by Crippen LogP contribution is 2.17. The van der Waals surface area contributed by atoms with Crippen LogP contribution in [0.4, 0.5) is 0 Å². The molecule has 1 aromatic heterocycles. The summed E-state index contributed by atoms with van der Waals surface area (Å²) in [4.78, 5) is 24.7. The molecule has 100 valence electrons. The topological polar surface area (TPSA) is 44.0 Å². The summed E-state index contributed by atoms with van der Waals surface area (Å²) in [6.45, 7) is 3.72. The molecule has 0 saturated heterocycles. The summed E-state index contributed by atoms with van der Waals surface area (Å²) in [6.07, 6.45) is 0. The van der Waals surface area contributed by atoms with Crippen LogP contribution < -0.4 is 11.1 Å². The van der Waals surface area contributed by atoms with Gasteiger partial charge in [0.15, 0.2) is 0 Å². The zero-order valence-corrected chi connectivity index (χ0v) is 13.6. The Labute approximate surface area is 126 Å². The largest absolute Gasteiger partial charge is 0.285 e. The average Bonchev–Trinajstić information content (AvgIpc) is 2.40. The molecule has 0 aliphatic carbocycles. The molecule has 0 radical (unpaired) electrons. The van der Waals surface area contributed by atoms with E-state index in [0.717, 1.165) is 0 Å². The fourth-order valence-corrected chi connectivity index (χ4v) is 2.54. The molecule has 0 N–H and O–H groups in total. The van der Waals surface area contributed by atoms with Crippen molar-refractivity contribution in [1.82, 2.24) is 9.36 Å². The Hall–Kier alpha value is -1.14. The minimum absolute atomic E-state index is 0.134. The quantitative estimate of drug-likeness (QED) is 0.794. The molecule has 0 bridgehead atoms. The monoisotopic (exact) mass is 386 g/mol. The Morgan fingerprint density at radius 3 is 2.00 bits per heavy atom. The second-order valence-electron chi connectivity index (χ2n) is 4.32. The van der Waals surface area contributed by atoms with Crippen LogP contribution in [0.15, 0.2) is 48.9 Å². The molecule has 0 saturated carbocycles. The predicted molar refractivity (Wildman–Crippen MR) is 82.1 cm³/mol. The van der Waals surface area contributed by atoms with Gasteiger partial charge in [0.2, 0.25) is 0 Å². The lowest BCUT2D eigenvalue weighted by Gasteiger charge is -2.19. The van der Waals surface area contributed by atoms with Gasteiger partial charge in [-0.25, -0.2) is 9.36 Å². The summed E-state index contributed by atoms with van der Waals surface area (Å²) < 4.78 is 3.31. The van der Waals surface area contributed by atoms with E-state index in [4.69, 9.17) is 0 Å². The number of halogens is 2. The normalized spacial score (nSPS) is 11.0. The number of para-hydroxylation sites is 1. The number of nitrogens with zero attached hydrogens (tertiary/aromatic N) is 2. The summed E-state index contributed by atoms with van der Waals surface area (Å²) in [7, 11) is 0. The molecular weight excluding hydrogens is 376 g/mol. The van der Waals surface area contributed by atoms with E-state index in [1.165, 1.54) is 9.36 Å². The van der Waals surface area contributed by atoms with Gasteiger partial charge in [0.1, 0.15) is 8.95 Å². The Bertz CT molecular complexity index is 718. The molecule has 4 nitrogen and oxygen atoms in total. The maximum Gasteiger partial charge on any atom is 0.285 e. The van der Waals surface area contributed by atoms with Crippen molar-refractivity contribution < 1.29 is 0 Å². The van der Waals surface area contributed by atoms with Gasteiger partial charge in [-0.05, 0) is 57.8 Å². The van der Waals surface area contributed by atoms with Crippen LogP contribution in [0, 0.1) is 0 Å². The maximum atomic E-state index is 12.4. The molecule has 6 heteroatoms. The Morgan fingerprint density at radius 2 is 1.47 bits per heavy atom. The Balaban J connectivity index is 2.95. The van der Waals surface area contributed by atoms with Gasteiger partial charge in [-0.1, -0.05) is 18.2 Å². The zero-order valence-electron chi connectivity index (χ0n) is 10.4. The van der Waals surface area contributed by atoms with E-state index in [9.17, 15) is 9.59 Å². The summed E-state index contributed by atoms with van der Waals surface area (Å²) in [5.74, 6) is 0. The molecule has 2 rings (SSSR count). The van der Waals surface area contributed by atoms with Crippen molar-refractivity contribution >= 4 is 31.9 Å². The fourth-order valence-electron chi connectivity index (χ4n) is 1.85. The van der Waals surface area contributed by atoms with Gasteiger partial charge in [-0.2, -0.15) is 0 Å². The van der Waals surface area contributed by atoms with E-state index in [1.54, 1.807) is 12.1 Å². The zero-order chi connectivity index (χ0) is 14.2. The molecular formula is C13H12Br2N2O2. The van der Waals surface area contributed by atoms with E-state index in [0.29, 0.717) is 5.69 Å². The summed E-state index contributed by atoms with van der Waals surface area (Å²) in [6, 6.07) is 8.96. The fraction of sp³-hybridized carbons (Fsp3) is 0.231. The second kappa shape index (κ2) is 5.46. The summed E-state index contributed by atoms with van der Waals surface area (Å²) in [5.41, 5.74) is 0.142. The smallest absolute Gasteiger partial charge is 0.267 e. The molecule has 19 heavy (non-hydrogen) atoms. The lowest BCUT2D eigenvalue weighted by molar-refractivity contribution is 0.441. The number of rotatable bonds is 2. The number of aromatic nitrogens is 2. The average molecular weight is 388 g/mol. The minimum Gasteiger partial charge on any atom is -0.267 e. The van der Waals surface area contributed by atoms with Crippen molar-refractivity contribution in [3.63, 3.8) is 0 Å². The van der Waals surface area contributed by atoms with Gasteiger partial charge in [-0.3, -0.25) is 9.59 Å². The first kappa shape index (κ1) is 14.3. The first-order valence-electron chi connectivity index (χ1n) is 5.73. The first-order valence-corrected chi connectivity index (χ1v) is 7.32. The van der Waals surface area contributed by atoms with Crippen LogP contribution in [0.2, 0.25) is 0 Å². The van der Waals surface area contributed by atoms with E-state index in [1.807, 2.05) is 32.0 Å². The number of hydrogen-bond donors (Lipinski definition) is 0. The molecule has 0 spiro atoms. The van der Waals surface area contributed by atoms with Crippen molar-refractivity contribution in [3.8, 4) is 5.69 Å². The molecule has 2 aromatic rings.